The van der Waals surface area contributed by atoms with Crippen LogP contribution in [0.5, 0.6) is 0 Å². The van der Waals surface area contributed by atoms with Gasteiger partial charge in [-0.25, -0.2) is 23.1 Å². The lowest BCUT2D eigenvalue weighted by molar-refractivity contribution is 0.586. The van der Waals surface area contributed by atoms with Crippen molar-refractivity contribution in [3.63, 3.8) is 0 Å². The van der Waals surface area contributed by atoms with Crippen LogP contribution in [0.4, 0.5) is 5.82 Å². The van der Waals surface area contributed by atoms with E-state index in [1.807, 2.05) is 0 Å². The number of nitrogens with one attached hydrogen (secondary N) is 2. The maximum Gasteiger partial charge on any atom is 0.208 e. The lowest BCUT2D eigenvalue weighted by Crippen LogP contribution is -2.24. The molecule has 17 heavy (non-hydrogen) atoms. The zero-order valence-electron chi connectivity index (χ0n) is 9.70. The van der Waals surface area contributed by atoms with Gasteiger partial charge < -0.3 is 5.32 Å². The first-order chi connectivity index (χ1) is 7.87. The summed E-state index contributed by atoms with van der Waals surface area (Å²) in [6.45, 7) is 2.86. The predicted molar refractivity (Wildman–Crippen MR) is 70.4 cm³/mol. The summed E-state index contributed by atoms with van der Waals surface area (Å²) >= 11 is 3.28. The number of hydrogen-bond acceptors (Lipinski definition) is 5. The highest BCUT2D eigenvalue weighted by atomic mass is 79.9. The molecule has 96 valence electrons. The molecular formula is C9H15BrN4O2S. The van der Waals surface area contributed by atoms with Crippen molar-refractivity contribution in [3.8, 4) is 0 Å². The second kappa shape index (κ2) is 6.27. The van der Waals surface area contributed by atoms with Gasteiger partial charge in [0.05, 0.1) is 6.26 Å². The summed E-state index contributed by atoms with van der Waals surface area (Å²) in [5.41, 5.74) is 0. The summed E-state index contributed by atoms with van der Waals surface area (Å²) in [5.74, 6) is 1.40. The molecule has 0 spiro atoms. The number of rotatable bonds is 6. The second-order valence-corrected chi connectivity index (χ2v) is 6.22. The highest BCUT2D eigenvalue weighted by Crippen LogP contribution is 2.11. The van der Waals surface area contributed by atoms with E-state index in [1.165, 1.54) is 0 Å². The van der Waals surface area contributed by atoms with Gasteiger partial charge in [0.2, 0.25) is 10.0 Å². The van der Waals surface area contributed by atoms with Gasteiger partial charge >= 0.3 is 0 Å². The minimum absolute atomic E-state index is 0.414. The van der Waals surface area contributed by atoms with E-state index in [-0.39, 0.29) is 0 Å². The van der Waals surface area contributed by atoms with E-state index in [2.05, 4.69) is 35.9 Å². The minimum atomic E-state index is -3.09. The largest absolute Gasteiger partial charge is 0.370 e. The Bertz CT molecular complexity index is 458. The first-order valence-corrected chi connectivity index (χ1v) is 7.75. The van der Waals surface area contributed by atoms with Crippen LogP contribution in [-0.4, -0.2) is 37.7 Å². The third-order valence-corrected chi connectivity index (χ3v) is 2.97. The fraction of sp³-hybridized carbons (Fsp3) is 0.556. The van der Waals surface area contributed by atoms with Crippen LogP contribution in [0.1, 0.15) is 12.2 Å². The summed E-state index contributed by atoms with van der Waals surface area (Å²) in [6, 6.07) is 1.77. The van der Waals surface area contributed by atoms with Gasteiger partial charge in [0.25, 0.3) is 0 Å². The molecule has 0 aliphatic heterocycles. The van der Waals surface area contributed by atoms with Crippen LogP contribution in [0.3, 0.4) is 0 Å². The van der Waals surface area contributed by atoms with Crippen molar-refractivity contribution in [1.82, 2.24) is 14.7 Å². The Labute approximate surface area is 109 Å². The third-order valence-electron chi connectivity index (χ3n) is 1.83. The van der Waals surface area contributed by atoms with Crippen molar-refractivity contribution in [2.24, 2.45) is 0 Å². The highest BCUT2D eigenvalue weighted by Gasteiger charge is 2.00. The molecule has 1 aromatic heterocycles. The Morgan fingerprint density at radius 2 is 2.06 bits per heavy atom. The monoisotopic (exact) mass is 322 g/mol. The van der Waals surface area contributed by atoms with Gasteiger partial charge in [0.1, 0.15) is 16.2 Å². The molecule has 1 aromatic rings. The number of nitrogens with zero attached hydrogens (tertiary/aromatic N) is 2. The zero-order chi connectivity index (χ0) is 12.9. The first kappa shape index (κ1) is 14.3. The van der Waals surface area contributed by atoms with Crippen molar-refractivity contribution >= 4 is 31.8 Å². The van der Waals surface area contributed by atoms with Crippen molar-refractivity contribution in [3.05, 3.63) is 16.5 Å². The summed E-state index contributed by atoms with van der Waals surface area (Å²) in [5, 5.41) is 3.10. The van der Waals surface area contributed by atoms with Crippen molar-refractivity contribution < 1.29 is 8.42 Å². The fourth-order valence-electron chi connectivity index (χ4n) is 1.18. The van der Waals surface area contributed by atoms with E-state index < -0.39 is 10.0 Å². The molecule has 0 saturated heterocycles. The molecule has 1 heterocycles. The van der Waals surface area contributed by atoms with E-state index in [4.69, 9.17) is 0 Å². The van der Waals surface area contributed by atoms with E-state index in [0.29, 0.717) is 25.3 Å². The maximum atomic E-state index is 10.8. The van der Waals surface area contributed by atoms with E-state index in [9.17, 15) is 8.42 Å². The average Bonchev–Trinajstić information content (AvgIpc) is 2.13. The summed E-state index contributed by atoms with van der Waals surface area (Å²) < 4.78 is 24.7. The Kier molecular flexibility index (Phi) is 5.29. The predicted octanol–water partition coefficient (Wildman–Crippen LogP) is 0.899. The van der Waals surface area contributed by atoms with Gasteiger partial charge in [-0.15, -0.1) is 0 Å². The smallest absolute Gasteiger partial charge is 0.208 e. The van der Waals surface area contributed by atoms with Gasteiger partial charge in [-0.2, -0.15) is 0 Å². The van der Waals surface area contributed by atoms with Crippen LogP contribution in [-0.2, 0) is 10.0 Å². The number of hydrogen-bond donors (Lipinski definition) is 2. The topological polar surface area (TPSA) is 84.0 Å². The molecule has 0 unspecified atom stereocenters. The van der Waals surface area contributed by atoms with Crippen LogP contribution in [0.25, 0.3) is 0 Å². The molecule has 0 aliphatic carbocycles. The highest BCUT2D eigenvalue weighted by molar-refractivity contribution is 9.10. The second-order valence-electron chi connectivity index (χ2n) is 3.57. The standard InChI is InChI=1S/C9H15BrN4O2S/c1-7-13-8(10)6-9(14-7)11-4-3-5-12-17(2,15)16/h6,12H,3-5H2,1-2H3,(H,11,13,14). The molecule has 0 radical (unpaired) electrons. The number of halogens is 1. The molecule has 0 aromatic carbocycles. The van der Waals surface area contributed by atoms with Gasteiger partial charge in [-0.3, -0.25) is 0 Å². The lowest BCUT2D eigenvalue weighted by atomic mass is 10.4. The quantitative estimate of drug-likeness (QED) is 0.600. The molecule has 0 saturated carbocycles. The van der Waals surface area contributed by atoms with Crippen molar-refractivity contribution in [1.29, 1.82) is 0 Å². The van der Waals surface area contributed by atoms with E-state index in [1.54, 1.807) is 13.0 Å². The Morgan fingerprint density at radius 1 is 1.35 bits per heavy atom. The summed E-state index contributed by atoms with van der Waals surface area (Å²) in [7, 11) is -3.09. The summed E-state index contributed by atoms with van der Waals surface area (Å²) in [6.07, 6.45) is 1.83. The zero-order valence-corrected chi connectivity index (χ0v) is 12.1. The van der Waals surface area contributed by atoms with Gasteiger partial charge in [0.15, 0.2) is 0 Å². The molecule has 0 amide bonds. The first-order valence-electron chi connectivity index (χ1n) is 5.06. The van der Waals surface area contributed by atoms with E-state index >= 15 is 0 Å². The number of aromatic nitrogens is 2. The molecule has 0 fully saturated rings. The Hall–Kier alpha value is -0.730. The normalized spacial score (nSPS) is 11.5. The van der Waals surface area contributed by atoms with Crippen LogP contribution in [0.2, 0.25) is 0 Å². The maximum absolute atomic E-state index is 10.8. The van der Waals surface area contributed by atoms with Crippen LogP contribution >= 0.6 is 15.9 Å². The number of sulfonamides is 1. The number of anilines is 1. The molecule has 0 bridgehead atoms. The third kappa shape index (κ3) is 6.54. The summed E-state index contributed by atoms with van der Waals surface area (Å²) in [4.78, 5) is 8.27. The van der Waals surface area contributed by atoms with Gasteiger partial charge in [0, 0.05) is 19.2 Å². The van der Waals surface area contributed by atoms with Crippen molar-refractivity contribution in [2.45, 2.75) is 13.3 Å². The van der Waals surface area contributed by atoms with Crippen molar-refractivity contribution in [2.75, 3.05) is 24.7 Å². The number of aryl methyl sites for hydroxylation is 1. The van der Waals surface area contributed by atoms with Gasteiger partial charge in [-0.05, 0) is 29.3 Å². The van der Waals surface area contributed by atoms with Crippen LogP contribution in [0, 0.1) is 6.92 Å². The molecule has 8 heteroatoms. The van der Waals surface area contributed by atoms with Gasteiger partial charge in [-0.1, -0.05) is 0 Å². The molecule has 6 nitrogen and oxygen atoms in total. The molecule has 0 atom stereocenters. The molecule has 1 rings (SSSR count). The Morgan fingerprint density at radius 3 is 2.65 bits per heavy atom. The fourth-order valence-corrected chi connectivity index (χ4v) is 2.17. The minimum Gasteiger partial charge on any atom is -0.370 e. The molecule has 2 N–H and O–H groups in total. The molecule has 0 aliphatic rings. The average molecular weight is 323 g/mol. The Balaban J connectivity index is 2.31. The van der Waals surface area contributed by atoms with Crippen LogP contribution in [0.15, 0.2) is 10.7 Å². The van der Waals surface area contributed by atoms with E-state index in [0.717, 1.165) is 16.7 Å². The van der Waals surface area contributed by atoms with Crippen LogP contribution < -0.4 is 10.0 Å². The SMILES string of the molecule is Cc1nc(Br)cc(NCCCNS(C)(=O)=O)n1. The lowest BCUT2D eigenvalue weighted by Gasteiger charge is -2.06. The molecular weight excluding hydrogens is 308 g/mol.